The van der Waals surface area contributed by atoms with Crippen molar-refractivity contribution in [3.8, 4) is 0 Å². The van der Waals surface area contributed by atoms with Crippen molar-refractivity contribution in [3.05, 3.63) is 65.9 Å². The predicted octanol–water partition coefficient (Wildman–Crippen LogP) is 6.12. The van der Waals surface area contributed by atoms with E-state index in [1.165, 1.54) is 6.07 Å². The van der Waals surface area contributed by atoms with E-state index in [1.807, 2.05) is 30.3 Å². The summed E-state index contributed by atoms with van der Waals surface area (Å²) in [6.45, 7) is 4.94. The predicted molar refractivity (Wildman–Crippen MR) is 166 cm³/mol. The van der Waals surface area contributed by atoms with Gasteiger partial charge in [0.1, 0.15) is 23.9 Å². The van der Waals surface area contributed by atoms with Gasteiger partial charge in [-0.25, -0.2) is 14.0 Å². The molecule has 0 spiro atoms. The molecule has 10 nitrogen and oxygen atoms in total. The minimum Gasteiger partial charge on any atom is -0.475 e. The molecule has 1 saturated heterocycles. The molecule has 3 aromatic rings. The van der Waals surface area contributed by atoms with Crippen LogP contribution in [-0.2, 0) is 14.3 Å². The number of ether oxygens (including phenoxy) is 1. The van der Waals surface area contributed by atoms with E-state index in [2.05, 4.69) is 10.6 Å². The smallest absolute Gasteiger partial charge is 0.407 e. The molecule has 3 N–H and O–H groups in total. The monoisotopic (exact) mass is 621 g/mol. The van der Waals surface area contributed by atoms with Crippen LogP contribution in [-0.4, -0.2) is 64.8 Å². The molecule has 45 heavy (non-hydrogen) atoms. The Kier molecular flexibility index (Phi) is 9.45. The molecule has 3 atom stereocenters. The van der Waals surface area contributed by atoms with Crippen molar-refractivity contribution < 1.29 is 37.8 Å². The fraction of sp³-hybridized carbons (Fsp3) is 0.471. The van der Waals surface area contributed by atoms with Gasteiger partial charge in [0.05, 0.1) is 6.04 Å². The number of likely N-dealkylation sites (tertiary alicyclic amines) is 1. The fourth-order valence-electron chi connectivity index (χ4n) is 6.60. The maximum absolute atomic E-state index is 14.0. The maximum Gasteiger partial charge on any atom is 0.407 e. The highest BCUT2D eigenvalue weighted by Gasteiger charge is 2.45. The second kappa shape index (κ2) is 13.3. The number of aromatic carboxylic acids is 1. The van der Waals surface area contributed by atoms with Gasteiger partial charge in [0.25, 0.3) is 0 Å². The molecule has 2 aliphatic rings. The first-order valence-corrected chi connectivity index (χ1v) is 15.4. The number of carboxylic acids is 1. The van der Waals surface area contributed by atoms with Gasteiger partial charge in [-0.3, -0.25) is 9.59 Å². The number of carbonyl (C=O) groups is 4. The minimum atomic E-state index is -1.18. The fourth-order valence-corrected chi connectivity index (χ4v) is 6.60. The Morgan fingerprint density at radius 3 is 2.38 bits per heavy atom. The van der Waals surface area contributed by atoms with Crippen LogP contribution in [0.15, 0.2) is 59.0 Å². The lowest BCUT2D eigenvalue weighted by Gasteiger charge is -2.36. The Labute approximate surface area is 261 Å². The lowest BCUT2D eigenvalue weighted by Crippen LogP contribution is -2.49. The summed E-state index contributed by atoms with van der Waals surface area (Å²) in [7, 11) is 0. The number of halogens is 1. The van der Waals surface area contributed by atoms with E-state index >= 15 is 0 Å². The van der Waals surface area contributed by atoms with Crippen LogP contribution in [0.1, 0.15) is 74.9 Å². The standard InChI is InChI=1S/C34H40FN3O7/c1-34(2,3)45-33(43)37-26(19-35)21-9-11-22(12-10-21)31(40)38-16-15-25(20-7-5-4-6-8-20)29(38)30(39)36-24-13-14-27-23(17-24)18-28(44-27)32(41)42/h4-8,13-14,17-18,21-22,25-26,29H,9-12,15-16,19H2,1-3H3,(H,36,39)(H,37,43)(H,41,42)/t21?,22?,25-,26?,29+/m1/s1. The molecular formula is C34H40FN3O7. The number of benzene rings is 2. The van der Waals surface area contributed by atoms with Gasteiger partial charge < -0.3 is 29.8 Å². The summed E-state index contributed by atoms with van der Waals surface area (Å²) in [6.07, 6.45) is 2.15. The van der Waals surface area contributed by atoms with E-state index in [-0.39, 0.29) is 35.3 Å². The molecule has 1 aromatic heterocycles. The van der Waals surface area contributed by atoms with E-state index < -0.39 is 36.4 Å². The number of alkyl carbamates (subject to hydrolysis) is 1. The zero-order valence-corrected chi connectivity index (χ0v) is 25.8. The number of nitrogens with one attached hydrogen (secondary N) is 2. The molecule has 0 radical (unpaired) electrons. The van der Waals surface area contributed by atoms with Crippen molar-refractivity contribution in [1.29, 1.82) is 0 Å². The first-order chi connectivity index (χ1) is 21.4. The van der Waals surface area contributed by atoms with Crippen LogP contribution in [0.4, 0.5) is 14.9 Å². The van der Waals surface area contributed by atoms with Gasteiger partial charge >= 0.3 is 12.1 Å². The van der Waals surface area contributed by atoms with Gasteiger partial charge in [0, 0.05) is 29.5 Å². The molecule has 3 amide bonds. The molecule has 1 aliphatic heterocycles. The van der Waals surface area contributed by atoms with Crippen molar-refractivity contribution in [1.82, 2.24) is 10.2 Å². The number of carboxylic acid groups (broad SMARTS) is 1. The molecule has 2 fully saturated rings. The summed E-state index contributed by atoms with van der Waals surface area (Å²) >= 11 is 0. The molecule has 5 rings (SSSR count). The van der Waals surface area contributed by atoms with Crippen LogP contribution in [0, 0.1) is 11.8 Å². The van der Waals surface area contributed by atoms with Crippen LogP contribution < -0.4 is 10.6 Å². The van der Waals surface area contributed by atoms with Gasteiger partial charge in [0.15, 0.2) is 0 Å². The summed E-state index contributed by atoms with van der Waals surface area (Å²) in [5.41, 5.74) is 1.12. The van der Waals surface area contributed by atoms with Gasteiger partial charge in [-0.05, 0) is 88.6 Å². The van der Waals surface area contributed by atoms with E-state index in [0.29, 0.717) is 55.3 Å². The lowest BCUT2D eigenvalue weighted by molar-refractivity contribution is -0.141. The van der Waals surface area contributed by atoms with Crippen molar-refractivity contribution in [3.63, 3.8) is 0 Å². The number of furan rings is 1. The largest absolute Gasteiger partial charge is 0.475 e. The molecule has 1 saturated carbocycles. The molecular weight excluding hydrogens is 581 g/mol. The highest BCUT2D eigenvalue weighted by atomic mass is 19.1. The van der Waals surface area contributed by atoms with Crippen molar-refractivity contribution in [2.45, 2.75) is 76.5 Å². The second-order valence-corrected chi connectivity index (χ2v) is 13.0. The Morgan fingerprint density at radius 1 is 1.02 bits per heavy atom. The first kappa shape index (κ1) is 32.0. The topological polar surface area (TPSA) is 138 Å². The van der Waals surface area contributed by atoms with E-state index in [4.69, 9.17) is 9.15 Å². The van der Waals surface area contributed by atoms with Gasteiger partial charge in [-0.2, -0.15) is 0 Å². The lowest BCUT2D eigenvalue weighted by atomic mass is 9.78. The van der Waals surface area contributed by atoms with Gasteiger partial charge in [0.2, 0.25) is 17.6 Å². The Balaban J connectivity index is 1.29. The third kappa shape index (κ3) is 7.46. The molecule has 1 aliphatic carbocycles. The van der Waals surface area contributed by atoms with Crippen molar-refractivity contribution >= 4 is 40.5 Å². The summed E-state index contributed by atoms with van der Waals surface area (Å²) in [6, 6.07) is 14.5. The maximum atomic E-state index is 14.0. The quantitative estimate of drug-likeness (QED) is 0.275. The van der Waals surface area contributed by atoms with Crippen LogP contribution >= 0.6 is 0 Å². The average molecular weight is 622 g/mol. The molecule has 2 aromatic carbocycles. The number of anilines is 1. The Morgan fingerprint density at radius 2 is 1.73 bits per heavy atom. The highest BCUT2D eigenvalue weighted by molar-refractivity contribution is 6.00. The molecule has 0 bridgehead atoms. The Bertz CT molecular complexity index is 1540. The van der Waals surface area contributed by atoms with E-state index in [1.54, 1.807) is 43.9 Å². The highest BCUT2D eigenvalue weighted by Crippen LogP contribution is 2.39. The zero-order valence-electron chi connectivity index (χ0n) is 25.8. The third-order valence-corrected chi connectivity index (χ3v) is 8.73. The van der Waals surface area contributed by atoms with Crippen molar-refractivity contribution in [2.75, 3.05) is 18.5 Å². The number of amides is 3. The summed E-state index contributed by atoms with van der Waals surface area (Å²) < 4.78 is 24.6. The summed E-state index contributed by atoms with van der Waals surface area (Å²) in [5.74, 6) is -2.46. The first-order valence-electron chi connectivity index (χ1n) is 15.4. The number of alkyl halides is 1. The molecule has 240 valence electrons. The van der Waals surface area contributed by atoms with Gasteiger partial charge in [-0.1, -0.05) is 30.3 Å². The zero-order chi connectivity index (χ0) is 32.3. The van der Waals surface area contributed by atoms with Crippen LogP contribution in [0.5, 0.6) is 0 Å². The van der Waals surface area contributed by atoms with Crippen molar-refractivity contribution in [2.24, 2.45) is 11.8 Å². The average Bonchev–Trinajstić information content (AvgIpc) is 3.64. The second-order valence-electron chi connectivity index (χ2n) is 13.0. The van der Waals surface area contributed by atoms with E-state index in [0.717, 1.165) is 5.56 Å². The number of carbonyl (C=O) groups excluding carboxylic acids is 3. The third-order valence-electron chi connectivity index (χ3n) is 8.73. The van der Waals surface area contributed by atoms with Gasteiger partial charge in [-0.15, -0.1) is 0 Å². The number of fused-ring (bicyclic) bond motifs is 1. The Hall–Kier alpha value is -4.41. The molecule has 11 heteroatoms. The minimum absolute atomic E-state index is 0.0969. The summed E-state index contributed by atoms with van der Waals surface area (Å²) in [5, 5.41) is 15.4. The van der Waals surface area contributed by atoms with Crippen LogP contribution in [0.3, 0.4) is 0 Å². The van der Waals surface area contributed by atoms with Crippen LogP contribution in [0.25, 0.3) is 11.0 Å². The number of nitrogens with zero attached hydrogens (tertiary/aromatic N) is 1. The number of rotatable bonds is 8. The summed E-state index contributed by atoms with van der Waals surface area (Å²) in [4.78, 5) is 53.2. The van der Waals surface area contributed by atoms with E-state index in [9.17, 15) is 28.7 Å². The molecule has 2 heterocycles. The SMILES string of the molecule is CC(C)(C)OC(=O)NC(CF)C1CCC(C(=O)N2CC[C@H](c3ccccc3)[C@H]2C(=O)Nc2ccc3oc(C(=O)O)cc3c2)CC1. The van der Waals surface area contributed by atoms with Crippen LogP contribution in [0.2, 0.25) is 0 Å². The normalized spacial score (nSPS) is 22.5. The number of hydrogen-bond acceptors (Lipinski definition) is 6. The molecule has 1 unspecified atom stereocenters. The number of hydrogen-bond donors (Lipinski definition) is 3.